The summed E-state index contributed by atoms with van der Waals surface area (Å²) in [4.78, 5) is 72.9. The maximum atomic E-state index is 14.2. The number of carbonyl (C=O) groups excluding carboxylic acids is 5. The number of aromatic nitrogens is 2. The number of hydrogen-bond donors (Lipinski definition) is 1. The number of likely N-dealkylation sites (tertiary alicyclic amines) is 2. The van der Waals surface area contributed by atoms with Crippen LogP contribution in [-0.4, -0.2) is 79.3 Å². The predicted octanol–water partition coefficient (Wildman–Crippen LogP) is 2.81. The topological polar surface area (TPSA) is 154 Å². The van der Waals surface area contributed by atoms with E-state index in [-0.39, 0.29) is 32.1 Å². The molecule has 0 unspecified atom stereocenters. The van der Waals surface area contributed by atoms with Crippen LogP contribution in [0, 0.1) is 29.6 Å². The number of hydrogen-bond acceptors (Lipinski definition) is 8. The lowest BCUT2D eigenvalue weighted by atomic mass is 9.55. The Morgan fingerprint density at radius 3 is 2.34 bits per heavy atom. The number of ether oxygens (including phenoxy) is 2. The van der Waals surface area contributed by atoms with E-state index in [1.165, 1.54) is 37.0 Å². The minimum Gasteiger partial charge on any atom is -0.443 e. The molecule has 0 radical (unpaired) electrons. The maximum Gasteiger partial charge on any atom is 0.417 e. The van der Waals surface area contributed by atoms with Crippen molar-refractivity contribution in [2.45, 2.75) is 115 Å². The summed E-state index contributed by atoms with van der Waals surface area (Å²) in [5.41, 5.74) is 5.37. The molecule has 2 saturated heterocycles. The van der Waals surface area contributed by atoms with E-state index in [9.17, 15) is 24.0 Å². The van der Waals surface area contributed by atoms with E-state index in [1.807, 2.05) is 4.57 Å². The number of Topliss-reactive ketones (excluding diaryl/α,β-unsaturated/α-hetero) is 1. The van der Waals surface area contributed by atoms with Gasteiger partial charge in [-0.15, -0.1) is 0 Å². The van der Waals surface area contributed by atoms with Crippen LogP contribution >= 0.6 is 0 Å². The maximum absolute atomic E-state index is 14.2. The number of ketones is 1. The molecule has 44 heavy (non-hydrogen) atoms. The normalized spacial score (nSPS) is 31.9. The highest BCUT2D eigenvalue weighted by Crippen LogP contribution is 2.54. The molecule has 1 aromatic rings. The van der Waals surface area contributed by atoms with Crippen molar-refractivity contribution in [3.63, 3.8) is 0 Å². The van der Waals surface area contributed by atoms with Crippen molar-refractivity contribution in [1.29, 1.82) is 0 Å². The van der Waals surface area contributed by atoms with E-state index < -0.39 is 53.2 Å². The van der Waals surface area contributed by atoms with Crippen LogP contribution in [0.1, 0.15) is 84.3 Å². The molecule has 3 heterocycles. The van der Waals surface area contributed by atoms with E-state index in [2.05, 4.69) is 4.98 Å². The molecule has 7 rings (SSSR count). The van der Waals surface area contributed by atoms with Gasteiger partial charge in [-0.25, -0.2) is 14.7 Å². The molecule has 2 N–H and O–H groups in total. The number of nitrogens with zero attached hydrogens (tertiary/aromatic N) is 4. The first-order chi connectivity index (χ1) is 20.9. The molecule has 6 aliphatic rings. The van der Waals surface area contributed by atoms with Gasteiger partial charge in [-0.3, -0.25) is 19.2 Å². The Bertz CT molecular complexity index is 1290. The van der Waals surface area contributed by atoms with Gasteiger partial charge in [0.25, 0.3) is 0 Å². The van der Waals surface area contributed by atoms with E-state index in [1.54, 1.807) is 33.3 Å². The Labute approximate surface area is 258 Å². The lowest BCUT2D eigenvalue weighted by Crippen LogP contribution is -2.52. The van der Waals surface area contributed by atoms with Gasteiger partial charge >= 0.3 is 6.09 Å². The van der Waals surface area contributed by atoms with Crippen molar-refractivity contribution in [1.82, 2.24) is 19.4 Å². The van der Waals surface area contributed by atoms with Crippen LogP contribution in [0.2, 0.25) is 0 Å². The number of amides is 4. The Hall–Kier alpha value is -3.28. The van der Waals surface area contributed by atoms with E-state index in [4.69, 9.17) is 15.2 Å². The monoisotopic (exact) mass is 611 g/mol. The molecule has 1 aromatic heterocycles. The van der Waals surface area contributed by atoms with E-state index >= 15 is 0 Å². The summed E-state index contributed by atoms with van der Waals surface area (Å²) in [6, 6.07) is -1.96. The molecular weight excluding hydrogens is 566 g/mol. The lowest BCUT2D eigenvalue weighted by molar-refractivity contribution is -0.148. The number of nitrogens with two attached hydrogens (primary N) is 1. The summed E-state index contributed by atoms with van der Waals surface area (Å²) < 4.78 is 13.8. The van der Waals surface area contributed by atoms with Crippen molar-refractivity contribution < 1.29 is 33.4 Å². The van der Waals surface area contributed by atoms with Gasteiger partial charge in [0, 0.05) is 31.3 Å². The average molecular weight is 612 g/mol. The third kappa shape index (κ3) is 6.01. The summed E-state index contributed by atoms with van der Waals surface area (Å²) in [5.74, 6) is -0.675. The molecule has 4 aliphatic carbocycles. The Kier molecular flexibility index (Phi) is 8.32. The summed E-state index contributed by atoms with van der Waals surface area (Å²) in [6.07, 6.45) is 9.90. The van der Waals surface area contributed by atoms with Crippen LogP contribution in [-0.2, 0) is 41.8 Å². The number of imide groups is 1. The van der Waals surface area contributed by atoms with E-state index in [0.29, 0.717) is 36.9 Å². The summed E-state index contributed by atoms with van der Waals surface area (Å²) in [6.45, 7) is 5.59. The first kappa shape index (κ1) is 30.7. The zero-order chi connectivity index (χ0) is 31.3. The van der Waals surface area contributed by atoms with Gasteiger partial charge in [-0.05, 0) is 95.8 Å². The zero-order valence-electron chi connectivity index (χ0n) is 26.0. The molecular formula is C32H45N5O7. The Morgan fingerprint density at radius 2 is 1.70 bits per heavy atom. The van der Waals surface area contributed by atoms with E-state index in [0.717, 1.165) is 16.7 Å². The largest absolute Gasteiger partial charge is 0.443 e. The molecule has 0 spiro atoms. The van der Waals surface area contributed by atoms with Gasteiger partial charge < -0.3 is 24.7 Å². The third-order valence-electron chi connectivity index (χ3n) is 10.4. The van der Waals surface area contributed by atoms with Gasteiger partial charge in [0.2, 0.25) is 17.7 Å². The molecule has 3 atom stereocenters. The molecule has 2 aliphatic heterocycles. The quantitative estimate of drug-likeness (QED) is 0.418. The van der Waals surface area contributed by atoms with Crippen LogP contribution in [0.5, 0.6) is 0 Å². The van der Waals surface area contributed by atoms with Gasteiger partial charge in [0.1, 0.15) is 30.3 Å². The molecule has 240 valence electrons. The second-order valence-corrected chi connectivity index (χ2v) is 14.6. The minimum absolute atomic E-state index is 0.0125. The number of carbonyl (C=O) groups is 5. The smallest absolute Gasteiger partial charge is 0.417 e. The van der Waals surface area contributed by atoms with Crippen molar-refractivity contribution in [2.24, 2.45) is 35.3 Å². The molecule has 6 fully saturated rings. The number of imidazole rings is 1. The van der Waals surface area contributed by atoms with Crippen LogP contribution in [0.15, 0.2) is 12.5 Å². The molecule has 12 nitrogen and oxygen atoms in total. The van der Waals surface area contributed by atoms with Crippen LogP contribution in [0.25, 0.3) is 0 Å². The number of primary amides is 1. The van der Waals surface area contributed by atoms with Crippen LogP contribution < -0.4 is 5.73 Å². The highest BCUT2D eigenvalue weighted by molar-refractivity contribution is 6.09. The predicted molar refractivity (Wildman–Crippen MR) is 156 cm³/mol. The van der Waals surface area contributed by atoms with Crippen LogP contribution in [0.3, 0.4) is 0 Å². The van der Waals surface area contributed by atoms with Gasteiger partial charge in [-0.2, -0.15) is 0 Å². The molecule has 4 saturated carbocycles. The molecule has 12 heteroatoms. The van der Waals surface area contributed by atoms with Crippen molar-refractivity contribution in [2.75, 3.05) is 6.54 Å². The SMILES string of the molecule is CC(C)(C)OC(=O)N1C(=O)CC[C@H]1C(=O)[C@H](Cc1cncn1COC1C2CC3CC(C2)CC1C3)C(=O)N1CCC[C@H]1C(N)=O. The summed E-state index contributed by atoms with van der Waals surface area (Å²) in [7, 11) is 0. The number of rotatable bonds is 9. The average Bonchev–Trinajstić information content (AvgIpc) is 3.69. The molecule has 4 bridgehead atoms. The fourth-order valence-corrected chi connectivity index (χ4v) is 8.72. The summed E-state index contributed by atoms with van der Waals surface area (Å²) >= 11 is 0. The lowest BCUT2D eigenvalue weighted by Gasteiger charge is -2.53. The first-order valence-corrected chi connectivity index (χ1v) is 16.2. The summed E-state index contributed by atoms with van der Waals surface area (Å²) in [5, 5.41) is 0. The Balaban J connectivity index is 1.23. The highest BCUT2D eigenvalue weighted by atomic mass is 16.6. The van der Waals surface area contributed by atoms with Gasteiger partial charge in [-0.1, -0.05) is 0 Å². The van der Waals surface area contributed by atoms with Gasteiger partial charge in [0.15, 0.2) is 5.78 Å². The zero-order valence-corrected chi connectivity index (χ0v) is 26.0. The Morgan fingerprint density at radius 1 is 1.02 bits per heavy atom. The van der Waals surface area contributed by atoms with Gasteiger partial charge in [0.05, 0.1) is 12.4 Å². The third-order valence-corrected chi connectivity index (χ3v) is 10.4. The second-order valence-electron chi connectivity index (χ2n) is 14.6. The van der Waals surface area contributed by atoms with Crippen LogP contribution in [0.4, 0.5) is 4.79 Å². The molecule has 4 amide bonds. The fourth-order valence-electron chi connectivity index (χ4n) is 8.72. The minimum atomic E-state index is -1.26. The first-order valence-electron chi connectivity index (χ1n) is 16.2. The fraction of sp³-hybridized carbons (Fsp3) is 0.750. The van der Waals surface area contributed by atoms with Crippen molar-refractivity contribution in [3.05, 3.63) is 18.2 Å². The highest BCUT2D eigenvalue weighted by Gasteiger charge is 2.50. The second kappa shape index (κ2) is 11.9. The van der Waals surface area contributed by atoms with Crippen molar-refractivity contribution >= 4 is 29.6 Å². The standard InChI is InChI=1S/C32H45N5O7/c1-32(2,3)44-31(42)37-24(6-7-26(37)38)27(39)23(30(41)36-8-4-5-25(36)29(33)40)14-22-15-34-16-35(22)17-43-28-20-10-18-9-19(12-20)13-21(28)11-18/h15-16,18-21,23-25,28H,4-14,17H2,1-3H3,(H2,33,40)/t18?,19?,20?,21?,23-,24-,25-,28?/m0/s1. The van der Waals surface area contributed by atoms with Crippen molar-refractivity contribution in [3.8, 4) is 0 Å². The molecule has 0 aromatic carbocycles.